The number of methoxy groups -OCH3 is 1. The molecule has 1 rings (SSSR count). The summed E-state index contributed by atoms with van der Waals surface area (Å²) < 4.78 is 9.88. The number of rotatable bonds is 2. The Morgan fingerprint density at radius 1 is 1.42 bits per heavy atom. The number of hydrogen-bond acceptors (Lipinski definition) is 5. The number of ether oxygens (including phenoxy) is 2. The molecule has 1 saturated heterocycles. The van der Waals surface area contributed by atoms with Crippen molar-refractivity contribution in [2.75, 3.05) is 20.3 Å². The second kappa shape index (κ2) is 4.15. The van der Waals surface area contributed by atoms with Gasteiger partial charge in [-0.1, -0.05) is 0 Å². The van der Waals surface area contributed by atoms with E-state index in [1.54, 1.807) is 0 Å². The zero-order chi connectivity index (χ0) is 9.14. The largest absolute Gasteiger partial charge is 0.394 e. The normalized spacial score (nSPS) is 43.0. The van der Waals surface area contributed by atoms with Gasteiger partial charge in [0, 0.05) is 7.11 Å². The molecular weight excluding hydrogens is 164 g/mol. The second-order valence-corrected chi connectivity index (χ2v) is 2.81. The SMILES string of the molecule is CO[C@H]1CO[C@H](CO)[C@H](O)[C@@H]1O. The van der Waals surface area contributed by atoms with Crippen LogP contribution in [0.5, 0.6) is 0 Å². The molecule has 1 fully saturated rings. The van der Waals surface area contributed by atoms with Gasteiger partial charge in [0.15, 0.2) is 0 Å². The highest BCUT2D eigenvalue weighted by molar-refractivity contribution is 4.86. The summed E-state index contributed by atoms with van der Waals surface area (Å²) in [6, 6.07) is 0. The summed E-state index contributed by atoms with van der Waals surface area (Å²) in [5.74, 6) is 0. The van der Waals surface area contributed by atoms with E-state index in [-0.39, 0.29) is 13.2 Å². The van der Waals surface area contributed by atoms with Gasteiger partial charge in [-0.25, -0.2) is 0 Å². The summed E-state index contributed by atoms with van der Waals surface area (Å²) in [5, 5.41) is 27.4. The fourth-order valence-electron chi connectivity index (χ4n) is 1.22. The van der Waals surface area contributed by atoms with E-state index < -0.39 is 24.4 Å². The van der Waals surface area contributed by atoms with E-state index in [1.807, 2.05) is 0 Å². The lowest BCUT2D eigenvalue weighted by molar-refractivity contribution is -0.202. The maximum Gasteiger partial charge on any atom is 0.111 e. The molecule has 5 nitrogen and oxygen atoms in total. The Morgan fingerprint density at radius 3 is 2.58 bits per heavy atom. The number of aliphatic hydroxyl groups excluding tert-OH is 3. The van der Waals surface area contributed by atoms with Gasteiger partial charge in [0.1, 0.15) is 24.4 Å². The van der Waals surface area contributed by atoms with Crippen LogP contribution >= 0.6 is 0 Å². The van der Waals surface area contributed by atoms with Gasteiger partial charge in [0.05, 0.1) is 13.2 Å². The van der Waals surface area contributed by atoms with Crippen molar-refractivity contribution in [3.05, 3.63) is 0 Å². The van der Waals surface area contributed by atoms with Gasteiger partial charge in [-0.05, 0) is 0 Å². The van der Waals surface area contributed by atoms with Gasteiger partial charge in [-0.3, -0.25) is 0 Å². The highest BCUT2D eigenvalue weighted by Crippen LogP contribution is 2.16. The highest BCUT2D eigenvalue weighted by Gasteiger charge is 2.37. The Hall–Kier alpha value is -0.200. The van der Waals surface area contributed by atoms with Crippen LogP contribution in [0.3, 0.4) is 0 Å². The summed E-state index contributed by atoms with van der Waals surface area (Å²) >= 11 is 0. The van der Waals surface area contributed by atoms with Crippen LogP contribution in [0.4, 0.5) is 0 Å². The van der Waals surface area contributed by atoms with Gasteiger partial charge in [0.2, 0.25) is 0 Å². The van der Waals surface area contributed by atoms with Crippen LogP contribution in [-0.4, -0.2) is 60.1 Å². The Kier molecular flexibility index (Phi) is 3.42. The zero-order valence-electron chi connectivity index (χ0n) is 6.88. The Bertz CT molecular complexity index is 124. The Balaban J connectivity index is 2.52. The molecule has 0 aromatic carbocycles. The summed E-state index contributed by atoms with van der Waals surface area (Å²) in [5.41, 5.74) is 0. The first kappa shape index (κ1) is 9.88. The highest BCUT2D eigenvalue weighted by atomic mass is 16.6. The van der Waals surface area contributed by atoms with E-state index in [0.717, 1.165) is 0 Å². The molecule has 0 radical (unpaired) electrons. The minimum Gasteiger partial charge on any atom is -0.394 e. The van der Waals surface area contributed by atoms with Gasteiger partial charge in [-0.15, -0.1) is 0 Å². The molecule has 4 atom stereocenters. The molecule has 0 aliphatic carbocycles. The predicted molar refractivity (Wildman–Crippen MR) is 39.6 cm³/mol. The average molecular weight is 178 g/mol. The Morgan fingerprint density at radius 2 is 2.08 bits per heavy atom. The lowest BCUT2D eigenvalue weighted by Gasteiger charge is -2.35. The van der Waals surface area contributed by atoms with Crippen molar-refractivity contribution in [3.63, 3.8) is 0 Å². The van der Waals surface area contributed by atoms with Crippen molar-refractivity contribution in [2.24, 2.45) is 0 Å². The van der Waals surface area contributed by atoms with Crippen molar-refractivity contribution in [1.29, 1.82) is 0 Å². The van der Waals surface area contributed by atoms with E-state index in [0.29, 0.717) is 0 Å². The van der Waals surface area contributed by atoms with Crippen molar-refractivity contribution >= 4 is 0 Å². The molecule has 1 aliphatic rings. The lowest BCUT2D eigenvalue weighted by atomic mass is 10.0. The average Bonchev–Trinajstić information content (AvgIpc) is 2.10. The topological polar surface area (TPSA) is 79.2 Å². The van der Waals surface area contributed by atoms with E-state index in [4.69, 9.17) is 14.6 Å². The van der Waals surface area contributed by atoms with Crippen LogP contribution in [0.1, 0.15) is 0 Å². The van der Waals surface area contributed by atoms with Crippen LogP contribution < -0.4 is 0 Å². The maximum atomic E-state index is 9.37. The minimum absolute atomic E-state index is 0.194. The third kappa shape index (κ3) is 1.75. The predicted octanol–water partition coefficient (Wildman–Crippen LogP) is -1.89. The maximum absolute atomic E-state index is 9.37. The van der Waals surface area contributed by atoms with E-state index >= 15 is 0 Å². The molecule has 1 heterocycles. The summed E-state index contributed by atoms with van der Waals surface area (Å²) in [6.07, 6.45) is -3.27. The van der Waals surface area contributed by atoms with Gasteiger partial charge >= 0.3 is 0 Å². The molecule has 12 heavy (non-hydrogen) atoms. The van der Waals surface area contributed by atoms with Crippen LogP contribution in [0, 0.1) is 0 Å². The van der Waals surface area contributed by atoms with Gasteiger partial charge in [-0.2, -0.15) is 0 Å². The zero-order valence-corrected chi connectivity index (χ0v) is 6.88. The van der Waals surface area contributed by atoms with Crippen LogP contribution in [-0.2, 0) is 9.47 Å². The third-order valence-electron chi connectivity index (χ3n) is 2.07. The molecular formula is C7H14O5. The molecule has 0 saturated carbocycles. The van der Waals surface area contributed by atoms with Crippen molar-refractivity contribution in [3.8, 4) is 0 Å². The number of hydrogen-bond donors (Lipinski definition) is 3. The molecule has 0 bridgehead atoms. The molecule has 0 aromatic heterocycles. The fraction of sp³-hybridized carbons (Fsp3) is 1.00. The third-order valence-corrected chi connectivity index (χ3v) is 2.07. The van der Waals surface area contributed by atoms with E-state index in [9.17, 15) is 10.2 Å². The minimum atomic E-state index is -1.08. The van der Waals surface area contributed by atoms with E-state index in [2.05, 4.69) is 0 Å². The molecule has 72 valence electrons. The molecule has 1 aliphatic heterocycles. The molecule has 0 spiro atoms. The van der Waals surface area contributed by atoms with Gasteiger partial charge in [0.25, 0.3) is 0 Å². The first-order valence-electron chi connectivity index (χ1n) is 3.82. The molecule has 0 aromatic rings. The molecule has 3 N–H and O–H groups in total. The summed E-state index contributed by atoms with van der Waals surface area (Å²) in [7, 11) is 1.43. The molecule has 5 heteroatoms. The first-order valence-corrected chi connectivity index (χ1v) is 3.82. The quantitative estimate of drug-likeness (QED) is 0.461. The molecule has 0 amide bonds. The summed E-state index contributed by atoms with van der Waals surface area (Å²) in [6.45, 7) is -0.103. The van der Waals surface area contributed by atoms with Crippen LogP contribution in [0.2, 0.25) is 0 Å². The Labute approximate surface area is 70.5 Å². The van der Waals surface area contributed by atoms with Crippen molar-refractivity contribution in [2.45, 2.75) is 24.4 Å². The standard InChI is InChI=1S/C7H14O5/c1-11-5-3-12-4(2-8)6(9)7(5)10/h4-10H,2-3H2,1H3/t4-,5+,6+,7-/m1/s1. The van der Waals surface area contributed by atoms with Crippen LogP contribution in [0.15, 0.2) is 0 Å². The second-order valence-electron chi connectivity index (χ2n) is 2.81. The van der Waals surface area contributed by atoms with Crippen molar-refractivity contribution < 1.29 is 24.8 Å². The van der Waals surface area contributed by atoms with Gasteiger partial charge < -0.3 is 24.8 Å². The van der Waals surface area contributed by atoms with Crippen molar-refractivity contribution in [1.82, 2.24) is 0 Å². The molecule has 0 unspecified atom stereocenters. The smallest absolute Gasteiger partial charge is 0.111 e. The monoisotopic (exact) mass is 178 g/mol. The fourth-order valence-corrected chi connectivity index (χ4v) is 1.22. The lowest BCUT2D eigenvalue weighted by Crippen LogP contribution is -2.54. The first-order chi connectivity index (χ1) is 5.70. The van der Waals surface area contributed by atoms with E-state index in [1.165, 1.54) is 7.11 Å². The van der Waals surface area contributed by atoms with Crippen LogP contribution in [0.25, 0.3) is 0 Å². The number of aliphatic hydroxyl groups is 3. The summed E-state index contributed by atoms with van der Waals surface area (Å²) in [4.78, 5) is 0.